The van der Waals surface area contributed by atoms with Crippen LogP contribution >= 0.6 is 0 Å². The Morgan fingerprint density at radius 2 is 2.00 bits per heavy atom. The number of hydrogen-bond acceptors (Lipinski definition) is 3. The number of aliphatic hydroxyl groups is 2. The van der Waals surface area contributed by atoms with Crippen LogP contribution in [0.3, 0.4) is 0 Å². The molecule has 2 unspecified atom stereocenters. The molecule has 0 heterocycles. The number of hydrogen-bond donors (Lipinski definition) is 3. The van der Waals surface area contributed by atoms with Gasteiger partial charge < -0.3 is 15.9 Å². The third kappa shape index (κ3) is 3.40. The molecule has 1 aliphatic carbocycles. The van der Waals surface area contributed by atoms with E-state index in [4.69, 9.17) is 10.8 Å². The van der Waals surface area contributed by atoms with E-state index in [1.807, 2.05) is 0 Å². The number of rotatable bonds is 3. The van der Waals surface area contributed by atoms with Crippen molar-refractivity contribution in [2.75, 3.05) is 6.61 Å². The first-order chi connectivity index (χ1) is 6.75. The Hall–Kier alpha value is -0.380. The Morgan fingerprint density at radius 3 is 2.71 bits per heavy atom. The SMILES string of the molecule is NC(CO)C(O)/C1=C/CCCCCC1. The van der Waals surface area contributed by atoms with Gasteiger partial charge in [-0.25, -0.2) is 0 Å². The second-order valence-corrected chi connectivity index (χ2v) is 4.02. The molecule has 1 aliphatic rings. The van der Waals surface area contributed by atoms with Crippen LogP contribution in [0.1, 0.15) is 38.5 Å². The number of nitrogens with two attached hydrogens (primary N) is 1. The van der Waals surface area contributed by atoms with Gasteiger partial charge in [0.05, 0.1) is 18.8 Å². The largest absolute Gasteiger partial charge is 0.395 e. The standard InChI is InChI=1S/C11H21NO2/c12-10(8-13)11(14)9-6-4-2-1-3-5-7-9/h6,10-11,13-14H,1-5,7-8,12H2/b9-6+. The van der Waals surface area contributed by atoms with Crippen LogP contribution in [0, 0.1) is 0 Å². The molecule has 0 saturated carbocycles. The molecule has 0 bridgehead atoms. The molecule has 1 rings (SSSR count). The molecule has 0 aromatic carbocycles. The normalized spacial score (nSPS) is 26.9. The summed E-state index contributed by atoms with van der Waals surface area (Å²) >= 11 is 0. The molecule has 0 saturated heterocycles. The summed E-state index contributed by atoms with van der Waals surface area (Å²) in [5, 5.41) is 18.7. The maximum Gasteiger partial charge on any atom is 0.0923 e. The average molecular weight is 199 g/mol. The predicted molar refractivity (Wildman–Crippen MR) is 56.9 cm³/mol. The molecule has 3 nitrogen and oxygen atoms in total. The van der Waals surface area contributed by atoms with Gasteiger partial charge in [0.15, 0.2) is 0 Å². The maximum absolute atomic E-state index is 9.81. The maximum atomic E-state index is 9.81. The monoisotopic (exact) mass is 199 g/mol. The highest BCUT2D eigenvalue weighted by atomic mass is 16.3. The van der Waals surface area contributed by atoms with E-state index in [0.717, 1.165) is 24.8 Å². The lowest BCUT2D eigenvalue weighted by Gasteiger charge is -2.21. The lowest BCUT2D eigenvalue weighted by atomic mass is 9.93. The summed E-state index contributed by atoms with van der Waals surface area (Å²) in [4.78, 5) is 0. The first-order valence-corrected chi connectivity index (χ1v) is 5.49. The highest BCUT2D eigenvalue weighted by molar-refractivity contribution is 5.11. The van der Waals surface area contributed by atoms with Crippen molar-refractivity contribution in [1.29, 1.82) is 0 Å². The van der Waals surface area contributed by atoms with E-state index in [-0.39, 0.29) is 6.61 Å². The van der Waals surface area contributed by atoms with Gasteiger partial charge in [0, 0.05) is 0 Å². The van der Waals surface area contributed by atoms with Crippen LogP contribution in [0.2, 0.25) is 0 Å². The van der Waals surface area contributed by atoms with E-state index >= 15 is 0 Å². The number of allylic oxidation sites excluding steroid dienone is 1. The van der Waals surface area contributed by atoms with E-state index in [1.54, 1.807) is 0 Å². The summed E-state index contributed by atoms with van der Waals surface area (Å²) in [5.74, 6) is 0. The zero-order valence-corrected chi connectivity index (χ0v) is 8.65. The molecule has 0 fully saturated rings. The van der Waals surface area contributed by atoms with Gasteiger partial charge in [-0.1, -0.05) is 18.9 Å². The quantitative estimate of drug-likeness (QED) is 0.593. The molecular weight excluding hydrogens is 178 g/mol. The average Bonchev–Trinajstić information content (AvgIpc) is 2.15. The van der Waals surface area contributed by atoms with Gasteiger partial charge in [-0.05, 0) is 31.3 Å². The van der Waals surface area contributed by atoms with Crippen molar-refractivity contribution in [1.82, 2.24) is 0 Å². The lowest BCUT2D eigenvalue weighted by molar-refractivity contribution is 0.132. The highest BCUT2D eigenvalue weighted by Crippen LogP contribution is 2.20. The van der Waals surface area contributed by atoms with E-state index < -0.39 is 12.1 Å². The van der Waals surface area contributed by atoms with Crippen LogP contribution in [-0.4, -0.2) is 29.0 Å². The van der Waals surface area contributed by atoms with Crippen molar-refractivity contribution in [3.63, 3.8) is 0 Å². The zero-order chi connectivity index (χ0) is 10.4. The van der Waals surface area contributed by atoms with Gasteiger partial charge in [0.1, 0.15) is 0 Å². The minimum Gasteiger partial charge on any atom is -0.395 e. The van der Waals surface area contributed by atoms with Crippen molar-refractivity contribution in [2.24, 2.45) is 5.73 Å². The van der Waals surface area contributed by atoms with Gasteiger partial charge >= 0.3 is 0 Å². The van der Waals surface area contributed by atoms with Gasteiger partial charge in [0.2, 0.25) is 0 Å². The van der Waals surface area contributed by atoms with Crippen LogP contribution < -0.4 is 5.73 Å². The molecule has 0 aromatic heterocycles. The van der Waals surface area contributed by atoms with E-state index in [0.29, 0.717) is 0 Å². The predicted octanol–water partition coefficient (Wildman–Crippen LogP) is 0.947. The topological polar surface area (TPSA) is 66.5 Å². The molecule has 0 spiro atoms. The van der Waals surface area contributed by atoms with Gasteiger partial charge in [0.25, 0.3) is 0 Å². The summed E-state index contributed by atoms with van der Waals surface area (Å²) in [6, 6.07) is -0.527. The zero-order valence-electron chi connectivity index (χ0n) is 8.65. The molecule has 0 aromatic rings. The molecule has 4 N–H and O–H groups in total. The number of aliphatic hydroxyl groups excluding tert-OH is 2. The van der Waals surface area contributed by atoms with Crippen molar-refractivity contribution < 1.29 is 10.2 Å². The van der Waals surface area contributed by atoms with Crippen LogP contribution in [0.4, 0.5) is 0 Å². The first kappa shape index (κ1) is 11.7. The fraction of sp³-hybridized carbons (Fsp3) is 0.818. The van der Waals surface area contributed by atoms with Gasteiger partial charge in [-0.3, -0.25) is 0 Å². The second kappa shape index (κ2) is 6.17. The fourth-order valence-electron chi connectivity index (χ4n) is 1.86. The lowest BCUT2D eigenvalue weighted by Crippen LogP contribution is -2.39. The van der Waals surface area contributed by atoms with E-state index in [2.05, 4.69) is 6.08 Å². The summed E-state index contributed by atoms with van der Waals surface area (Å²) < 4.78 is 0. The molecule has 2 atom stereocenters. The third-order valence-corrected chi connectivity index (χ3v) is 2.82. The first-order valence-electron chi connectivity index (χ1n) is 5.49. The molecule has 14 heavy (non-hydrogen) atoms. The Morgan fingerprint density at radius 1 is 1.29 bits per heavy atom. The van der Waals surface area contributed by atoms with Crippen LogP contribution in [0.15, 0.2) is 11.6 Å². The Kier molecular flexibility index (Phi) is 5.15. The summed E-state index contributed by atoms with van der Waals surface area (Å²) in [6.45, 7) is -0.154. The molecular formula is C11H21NO2. The van der Waals surface area contributed by atoms with Gasteiger partial charge in [-0.2, -0.15) is 0 Å². The third-order valence-electron chi connectivity index (χ3n) is 2.82. The van der Waals surface area contributed by atoms with Crippen molar-refractivity contribution >= 4 is 0 Å². The summed E-state index contributed by atoms with van der Waals surface area (Å²) in [5.41, 5.74) is 6.62. The van der Waals surface area contributed by atoms with Crippen LogP contribution in [0.5, 0.6) is 0 Å². The molecule has 0 aliphatic heterocycles. The highest BCUT2D eigenvalue weighted by Gasteiger charge is 2.18. The molecule has 3 heteroatoms. The second-order valence-electron chi connectivity index (χ2n) is 4.02. The molecule has 82 valence electrons. The Balaban J connectivity index is 2.53. The minimum atomic E-state index is -0.655. The summed E-state index contributed by atoms with van der Waals surface area (Å²) in [6.07, 6.45) is 8.24. The Labute approximate surface area is 85.6 Å². The minimum absolute atomic E-state index is 0.154. The molecule has 0 radical (unpaired) electrons. The smallest absolute Gasteiger partial charge is 0.0923 e. The van der Waals surface area contributed by atoms with E-state index in [1.165, 1.54) is 19.3 Å². The van der Waals surface area contributed by atoms with Crippen molar-refractivity contribution in [3.8, 4) is 0 Å². The van der Waals surface area contributed by atoms with Gasteiger partial charge in [-0.15, -0.1) is 0 Å². The van der Waals surface area contributed by atoms with Crippen LogP contribution in [0.25, 0.3) is 0 Å². The van der Waals surface area contributed by atoms with Crippen molar-refractivity contribution in [3.05, 3.63) is 11.6 Å². The van der Waals surface area contributed by atoms with Crippen molar-refractivity contribution in [2.45, 2.75) is 50.7 Å². The van der Waals surface area contributed by atoms with E-state index in [9.17, 15) is 5.11 Å². The van der Waals surface area contributed by atoms with Crippen LogP contribution in [-0.2, 0) is 0 Å². The summed E-state index contributed by atoms with van der Waals surface area (Å²) in [7, 11) is 0. The molecule has 0 amide bonds. The Bertz CT molecular complexity index is 192. The fourth-order valence-corrected chi connectivity index (χ4v) is 1.86.